The van der Waals surface area contributed by atoms with Gasteiger partial charge >= 0.3 is 0 Å². The van der Waals surface area contributed by atoms with Crippen molar-refractivity contribution in [3.8, 4) is 5.75 Å². The molecule has 1 aliphatic rings. The average Bonchev–Trinajstić information content (AvgIpc) is 2.49. The molecule has 0 amide bonds. The van der Waals surface area contributed by atoms with Gasteiger partial charge in [-0.1, -0.05) is 18.2 Å². The number of benzene rings is 2. The maximum absolute atomic E-state index is 13.5. The summed E-state index contributed by atoms with van der Waals surface area (Å²) >= 11 is 0. The zero-order valence-electron chi connectivity index (χ0n) is 12.2. The third-order valence-corrected chi connectivity index (χ3v) is 3.97. The van der Waals surface area contributed by atoms with E-state index < -0.39 is 0 Å². The quantitative estimate of drug-likeness (QED) is 0.894. The van der Waals surface area contributed by atoms with Crippen LogP contribution in [0.25, 0.3) is 10.8 Å². The first-order valence-corrected chi connectivity index (χ1v) is 7.01. The number of alkyl halides is 1. The summed E-state index contributed by atoms with van der Waals surface area (Å²) in [5.74, 6) is 0.259. The van der Waals surface area contributed by atoms with Crippen LogP contribution in [-0.4, -0.2) is 42.9 Å². The van der Waals surface area contributed by atoms with E-state index >= 15 is 0 Å². The zero-order chi connectivity index (χ0) is 13.9. The van der Waals surface area contributed by atoms with Gasteiger partial charge in [-0.05, 0) is 34.5 Å². The highest BCUT2D eigenvalue weighted by atomic mass is 35.5. The van der Waals surface area contributed by atoms with Crippen molar-refractivity contribution in [3.05, 3.63) is 42.0 Å². The molecule has 1 atom stereocenters. The lowest BCUT2D eigenvalue weighted by atomic mass is 10.0. The van der Waals surface area contributed by atoms with Gasteiger partial charge in [0.05, 0.1) is 6.04 Å². The van der Waals surface area contributed by atoms with Crippen LogP contribution < -0.4 is 5.32 Å². The molecule has 0 aromatic heterocycles. The van der Waals surface area contributed by atoms with Crippen molar-refractivity contribution in [3.63, 3.8) is 0 Å². The summed E-state index contributed by atoms with van der Waals surface area (Å²) in [5, 5.41) is 14.8. The maximum Gasteiger partial charge on any atom is 0.116 e. The SMILES string of the molecule is Cl.Cl.Oc1ccc2cc([C@@H](CF)N3CCNCC3)ccc2c1. The van der Waals surface area contributed by atoms with Gasteiger partial charge in [0.1, 0.15) is 12.4 Å². The molecule has 6 heteroatoms. The van der Waals surface area contributed by atoms with E-state index in [9.17, 15) is 9.50 Å². The second kappa shape index (κ2) is 8.53. The zero-order valence-corrected chi connectivity index (χ0v) is 13.8. The second-order valence-electron chi connectivity index (χ2n) is 5.25. The Hall–Kier alpha value is -1.07. The van der Waals surface area contributed by atoms with Crippen LogP contribution in [0.3, 0.4) is 0 Å². The van der Waals surface area contributed by atoms with Gasteiger partial charge < -0.3 is 10.4 Å². The number of aromatic hydroxyl groups is 1. The summed E-state index contributed by atoms with van der Waals surface area (Å²) in [7, 11) is 0. The lowest BCUT2D eigenvalue weighted by Gasteiger charge is -2.33. The van der Waals surface area contributed by atoms with Gasteiger partial charge in [0.15, 0.2) is 0 Å². The fourth-order valence-corrected chi connectivity index (χ4v) is 2.85. The van der Waals surface area contributed by atoms with Gasteiger partial charge in [-0.25, -0.2) is 4.39 Å². The van der Waals surface area contributed by atoms with Crippen molar-refractivity contribution >= 4 is 35.6 Å². The third kappa shape index (κ3) is 4.02. The van der Waals surface area contributed by atoms with Crippen molar-refractivity contribution in [2.24, 2.45) is 0 Å². The van der Waals surface area contributed by atoms with Crippen LogP contribution >= 0.6 is 24.8 Å². The van der Waals surface area contributed by atoms with Gasteiger partial charge in [0.25, 0.3) is 0 Å². The van der Waals surface area contributed by atoms with E-state index in [1.807, 2.05) is 24.3 Å². The second-order valence-corrected chi connectivity index (χ2v) is 5.25. The maximum atomic E-state index is 13.5. The predicted molar refractivity (Wildman–Crippen MR) is 93.3 cm³/mol. The summed E-state index contributed by atoms with van der Waals surface area (Å²) < 4.78 is 13.5. The molecular weight excluding hydrogens is 326 g/mol. The molecule has 3 nitrogen and oxygen atoms in total. The fraction of sp³-hybridized carbons (Fsp3) is 0.375. The lowest BCUT2D eigenvalue weighted by molar-refractivity contribution is 0.147. The van der Waals surface area contributed by atoms with E-state index in [1.54, 1.807) is 12.1 Å². The Morgan fingerprint density at radius 2 is 1.68 bits per heavy atom. The smallest absolute Gasteiger partial charge is 0.116 e. The number of rotatable bonds is 3. The van der Waals surface area contributed by atoms with E-state index in [0.717, 1.165) is 42.5 Å². The summed E-state index contributed by atoms with van der Waals surface area (Å²) in [4.78, 5) is 2.19. The largest absolute Gasteiger partial charge is 0.508 e. The molecule has 2 aromatic carbocycles. The van der Waals surface area contributed by atoms with Crippen molar-refractivity contribution in [2.75, 3.05) is 32.9 Å². The van der Waals surface area contributed by atoms with Crippen LogP contribution in [0.2, 0.25) is 0 Å². The highest BCUT2D eigenvalue weighted by molar-refractivity contribution is 5.86. The molecule has 0 saturated carbocycles. The summed E-state index contributed by atoms with van der Waals surface area (Å²) in [6.07, 6.45) is 0. The first-order valence-electron chi connectivity index (χ1n) is 7.01. The fourth-order valence-electron chi connectivity index (χ4n) is 2.85. The molecular formula is C16H21Cl2FN2O. The van der Waals surface area contributed by atoms with Crippen LogP contribution in [0.4, 0.5) is 4.39 Å². The third-order valence-electron chi connectivity index (χ3n) is 3.97. The molecule has 3 rings (SSSR count). The molecule has 22 heavy (non-hydrogen) atoms. The number of fused-ring (bicyclic) bond motifs is 1. The molecule has 2 N–H and O–H groups in total. The lowest BCUT2D eigenvalue weighted by Crippen LogP contribution is -2.45. The Morgan fingerprint density at radius 3 is 2.36 bits per heavy atom. The molecule has 1 fully saturated rings. The normalized spacial score (nSPS) is 16.6. The van der Waals surface area contributed by atoms with Gasteiger partial charge in [-0.2, -0.15) is 0 Å². The predicted octanol–water partition coefficient (Wildman–Crippen LogP) is 3.30. The van der Waals surface area contributed by atoms with E-state index in [0.29, 0.717) is 0 Å². The number of phenolic OH excluding ortho intramolecular Hbond substituents is 1. The van der Waals surface area contributed by atoms with Crippen molar-refractivity contribution in [1.29, 1.82) is 0 Å². The number of hydrogen-bond acceptors (Lipinski definition) is 3. The van der Waals surface area contributed by atoms with Crippen LogP contribution in [0.5, 0.6) is 5.75 Å². The Kier molecular flexibility index (Phi) is 7.36. The monoisotopic (exact) mass is 346 g/mol. The number of piperazine rings is 1. The first-order chi connectivity index (χ1) is 9.78. The molecule has 0 radical (unpaired) electrons. The molecule has 0 unspecified atom stereocenters. The summed E-state index contributed by atoms with van der Waals surface area (Å²) in [6.45, 7) is 3.21. The minimum atomic E-state index is -0.371. The van der Waals surface area contributed by atoms with Crippen molar-refractivity contribution in [2.45, 2.75) is 6.04 Å². The molecule has 0 spiro atoms. The first kappa shape index (κ1) is 19.0. The Balaban J connectivity index is 0.00000121. The van der Waals surface area contributed by atoms with Crippen LogP contribution in [0.15, 0.2) is 36.4 Å². The van der Waals surface area contributed by atoms with E-state index in [1.165, 1.54) is 0 Å². The standard InChI is InChI=1S/C16H19FN2O.2ClH/c17-11-16(19-7-5-18-6-8-19)14-2-1-13-10-15(20)4-3-12(13)9-14;;/h1-4,9-10,16,18,20H,5-8,11H2;2*1H/t16-;;/m1../s1. The van der Waals surface area contributed by atoms with Crippen LogP contribution in [-0.2, 0) is 0 Å². The average molecular weight is 347 g/mol. The molecule has 1 aliphatic heterocycles. The number of nitrogens with zero attached hydrogens (tertiary/aromatic N) is 1. The highest BCUT2D eigenvalue weighted by Crippen LogP contribution is 2.27. The molecule has 2 aromatic rings. The molecule has 1 saturated heterocycles. The number of halogens is 3. The van der Waals surface area contributed by atoms with Crippen LogP contribution in [0.1, 0.15) is 11.6 Å². The Bertz CT molecular complexity index is 606. The number of nitrogens with one attached hydrogen (secondary N) is 1. The van der Waals surface area contributed by atoms with Crippen molar-refractivity contribution < 1.29 is 9.50 Å². The number of hydrogen-bond donors (Lipinski definition) is 2. The summed E-state index contributed by atoms with van der Waals surface area (Å²) in [5.41, 5.74) is 1.01. The minimum absolute atomic E-state index is 0. The molecule has 0 aliphatic carbocycles. The topological polar surface area (TPSA) is 35.5 Å². The van der Waals surface area contributed by atoms with Gasteiger partial charge in [0, 0.05) is 26.2 Å². The molecule has 1 heterocycles. The minimum Gasteiger partial charge on any atom is -0.508 e. The van der Waals surface area contributed by atoms with Gasteiger partial charge in [-0.3, -0.25) is 4.90 Å². The van der Waals surface area contributed by atoms with Crippen LogP contribution in [0, 0.1) is 0 Å². The Labute approximate surface area is 142 Å². The van der Waals surface area contributed by atoms with E-state index in [-0.39, 0.29) is 43.3 Å². The van der Waals surface area contributed by atoms with Gasteiger partial charge in [-0.15, -0.1) is 24.8 Å². The van der Waals surface area contributed by atoms with E-state index in [4.69, 9.17) is 0 Å². The summed E-state index contributed by atoms with van der Waals surface area (Å²) in [6, 6.07) is 11.1. The number of phenols is 1. The van der Waals surface area contributed by atoms with E-state index in [2.05, 4.69) is 10.2 Å². The van der Waals surface area contributed by atoms with Crippen molar-refractivity contribution in [1.82, 2.24) is 10.2 Å². The Morgan fingerprint density at radius 1 is 1.05 bits per heavy atom. The molecule has 0 bridgehead atoms. The molecule has 122 valence electrons. The van der Waals surface area contributed by atoms with Gasteiger partial charge in [0.2, 0.25) is 0 Å². The highest BCUT2D eigenvalue weighted by Gasteiger charge is 2.22.